The zero-order chi connectivity index (χ0) is 12.3. The standard InChI is InChI=1S/C13H16ClN3/c1-17-7-5-11(6-8-17)16-13-10(9-15)3-2-4-12(13)14/h2-4,11,16H,5-8H2,1H3. The number of rotatable bonds is 2. The van der Waals surface area contributed by atoms with E-state index in [4.69, 9.17) is 16.9 Å². The highest BCUT2D eigenvalue weighted by Gasteiger charge is 2.18. The highest BCUT2D eigenvalue weighted by atomic mass is 35.5. The van der Waals surface area contributed by atoms with Gasteiger partial charge in [0.2, 0.25) is 0 Å². The summed E-state index contributed by atoms with van der Waals surface area (Å²) in [6, 6.07) is 8.01. The van der Waals surface area contributed by atoms with Crippen molar-refractivity contribution in [3.05, 3.63) is 28.8 Å². The molecule has 0 amide bonds. The van der Waals surface area contributed by atoms with Crippen molar-refractivity contribution in [2.45, 2.75) is 18.9 Å². The first-order valence-electron chi connectivity index (χ1n) is 5.84. The monoisotopic (exact) mass is 249 g/mol. The number of para-hydroxylation sites is 1. The van der Waals surface area contributed by atoms with Gasteiger partial charge < -0.3 is 10.2 Å². The van der Waals surface area contributed by atoms with E-state index in [0.29, 0.717) is 16.6 Å². The van der Waals surface area contributed by atoms with Gasteiger partial charge in [-0.25, -0.2) is 0 Å². The highest BCUT2D eigenvalue weighted by molar-refractivity contribution is 6.33. The third-order valence-electron chi connectivity index (χ3n) is 3.20. The van der Waals surface area contributed by atoms with Crippen molar-refractivity contribution < 1.29 is 0 Å². The first-order valence-corrected chi connectivity index (χ1v) is 6.22. The van der Waals surface area contributed by atoms with E-state index in [0.717, 1.165) is 31.6 Å². The summed E-state index contributed by atoms with van der Waals surface area (Å²) in [6.07, 6.45) is 2.18. The number of piperidine rings is 1. The molecular weight excluding hydrogens is 234 g/mol. The Kier molecular flexibility index (Phi) is 3.88. The van der Waals surface area contributed by atoms with Gasteiger partial charge in [0.15, 0.2) is 0 Å². The van der Waals surface area contributed by atoms with Crippen LogP contribution in [0.25, 0.3) is 0 Å². The molecule has 1 aliphatic heterocycles. The fourth-order valence-corrected chi connectivity index (χ4v) is 2.35. The van der Waals surface area contributed by atoms with Crippen LogP contribution in [0.5, 0.6) is 0 Å². The van der Waals surface area contributed by atoms with Gasteiger partial charge in [-0.1, -0.05) is 17.7 Å². The Morgan fingerprint density at radius 2 is 2.12 bits per heavy atom. The van der Waals surface area contributed by atoms with Crippen molar-refractivity contribution in [2.75, 3.05) is 25.5 Å². The number of nitriles is 1. The van der Waals surface area contributed by atoms with E-state index in [1.165, 1.54) is 0 Å². The Labute approximate surface area is 107 Å². The maximum atomic E-state index is 9.06. The van der Waals surface area contributed by atoms with E-state index in [-0.39, 0.29) is 0 Å². The summed E-state index contributed by atoms with van der Waals surface area (Å²) in [6.45, 7) is 2.17. The van der Waals surface area contributed by atoms with E-state index < -0.39 is 0 Å². The van der Waals surface area contributed by atoms with E-state index in [1.54, 1.807) is 12.1 Å². The third kappa shape index (κ3) is 2.91. The number of benzene rings is 1. The molecule has 2 rings (SSSR count). The lowest BCUT2D eigenvalue weighted by atomic mass is 10.0. The first-order chi connectivity index (χ1) is 8.20. The van der Waals surface area contributed by atoms with Crippen molar-refractivity contribution in [1.29, 1.82) is 5.26 Å². The van der Waals surface area contributed by atoms with Crippen LogP contribution in [-0.2, 0) is 0 Å². The summed E-state index contributed by atoms with van der Waals surface area (Å²) in [5.74, 6) is 0. The van der Waals surface area contributed by atoms with Crippen LogP contribution in [-0.4, -0.2) is 31.1 Å². The van der Waals surface area contributed by atoms with Crippen LogP contribution in [0.3, 0.4) is 0 Å². The molecule has 1 aromatic rings. The molecule has 17 heavy (non-hydrogen) atoms. The van der Waals surface area contributed by atoms with Crippen LogP contribution in [0.15, 0.2) is 18.2 Å². The normalized spacial score (nSPS) is 17.7. The molecule has 1 aromatic carbocycles. The predicted octanol–water partition coefficient (Wildman–Crippen LogP) is 2.72. The zero-order valence-electron chi connectivity index (χ0n) is 9.91. The highest BCUT2D eigenvalue weighted by Crippen LogP contribution is 2.27. The average molecular weight is 250 g/mol. The van der Waals surface area contributed by atoms with Gasteiger partial charge in [0.05, 0.1) is 16.3 Å². The van der Waals surface area contributed by atoms with Gasteiger partial charge in [-0.3, -0.25) is 0 Å². The lowest BCUT2D eigenvalue weighted by Gasteiger charge is -2.30. The van der Waals surface area contributed by atoms with Gasteiger partial charge in [-0.15, -0.1) is 0 Å². The lowest BCUT2D eigenvalue weighted by molar-refractivity contribution is 0.264. The van der Waals surface area contributed by atoms with Crippen molar-refractivity contribution in [1.82, 2.24) is 4.90 Å². The second kappa shape index (κ2) is 5.39. The molecule has 90 valence electrons. The van der Waals surface area contributed by atoms with Crippen molar-refractivity contribution in [3.63, 3.8) is 0 Å². The summed E-state index contributed by atoms with van der Waals surface area (Å²) in [4.78, 5) is 2.32. The minimum Gasteiger partial charge on any atom is -0.380 e. The fraction of sp³-hybridized carbons (Fsp3) is 0.462. The molecule has 1 heterocycles. The van der Waals surface area contributed by atoms with Gasteiger partial charge >= 0.3 is 0 Å². The van der Waals surface area contributed by atoms with E-state index in [2.05, 4.69) is 23.3 Å². The quantitative estimate of drug-likeness (QED) is 0.876. The molecule has 0 aliphatic carbocycles. The Morgan fingerprint density at radius 1 is 1.41 bits per heavy atom. The number of likely N-dealkylation sites (tertiary alicyclic amines) is 1. The zero-order valence-corrected chi connectivity index (χ0v) is 10.7. The molecule has 0 bridgehead atoms. The van der Waals surface area contributed by atoms with Gasteiger partial charge in [-0.05, 0) is 45.1 Å². The molecule has 1 N–H and O–H groups in total. The third-order valence-corrected chi connectivity index (χ3v) is 3.52. The number of anilines is 1. The number of nitrogens with one attached hydrogen (secondary N) is 1. The number of halogens is 1. The van der Waals surface area contributed by atoms with Crippen molar-refractivity contribution in [3.8, 4) is 6.07 Å². The Bertz CT molecular complexity index is 431. The molecule has 1 fully saturated rings. The largest absolute Gasteiger partial charge is 0.380 e. The van der Waals surface area contributed by atoms with Gasteiger partial charge in [-0.2, -0.15) is 5.26 Å². The molecule has 1 saturated heterocycles. The van der Waals surface area contributed by atoms with E-state index in [9.17, 15) is 0 Å². The topological polar surface area (TPSA) is 39.1 Å². The Morgan fingerprint density at radius 3 is 2.76 bits per heavy atom. The summed E-state index contributed by atoms with van der Waals surface area (Å²) in [5.41, 5.74) is 1.41. The van der Waals surface area contributed by atoms with Crippen LogP contribution < -0.4 is 5.32 Å². The fourth-order valence-electron chi connectivity index (χ4n) is 2.12. The maximum Gasteiger partial charge on any atom is 0.101 e. The molecular formula is C13H16ClN3. The SMILES string of the molecule is CN1CCC(Nc2c(Cl)cccc2C#N)CC1. The van der Waals surface area contributed by atoms with E-state index >= 15 is 0 Å². The maximum absolute atomic E-state index is 9.06. The molecule has 0 atom stereocenters. The van der Waals surface area contributed by atoms with Gasteiger partial charge in [0.25, 0.3) is 0 Å². The number of hydrogen-bond donors (Lipinski definition) is 1. The van der Waals surface area contributed by atoms with Crippen LogP contribution in [0.1, 0.15) is 18.4 Å². The first kappa shape index (κ1) is 12.2. The predicted molar refractivity (Wildman–Crippen MR) is 70.3 cm³/mol. The minimum atomic E-state index is 0.415. The number of nitrogens with zero attached hydrogens (tertiary/aromatic N) is 2. The summed E-state index contributed by atoms with van der Waals surface area (Å²) in [7, 11) is 2.13. The molecule has 4 heteroatoms. The summed E-state index contributed by atoms with van der Waals surface area (Å²) < 4.78 is 0. The minimum absolute atomic E-state index is 0.415. The van der Waals surface area contributed by atoms with Gasteiger partial charge in [0, 0.05) is 6.04 Å². The lowest BCUT2D eigenvalue weighted by Crippen LogP contribution is -2.36. The second-order valence-corrected chi connectivity index (χ2v) is 4.90. The molecule has 3 nitrogen and oxygen atoms in total. The summed E-state index contributed by atoms with van der Waals surface area (Å²) >= 11 is 6.13. The van der Waals surface area contributed by atoms with Crippen molar-refractivity contribution in [2.24, 2.45) is 0 Å². The second-order valence-electron chi connectivity index (χ2n) is 4.50. The molecule has 0 radical (unpaired) electrons. The van der Waals surface area contributed by atoms with Crippen LogP contribution in [0.2, 0.25) is 5.02 Å². The molecule has 1 aliphatic rings. The Hall–Kier alpha value is -1.24. The van der Waals surface area contributed by atoms with Crippen LogP contribution >= 0.6 is 11.6 Å². The molecule has 0 saturated carbocycles. The van der Waals surface area contributed by atoms with Crippen LogP contribution in [0, 0.1) is 11.3 Å². The molecule has 0 spiro atoms. The van der Waals surface area contributed by atoms with Gasteiger partial charge in [0.1, 0.15) is 6.07 Å². The smallest absolute Gasteiger partial charge is 0.101 e. The molecule has 0 aromatic heterocycles. The van der Waals surface area contributed by atoms with E-state index in [1.807, 2.05) is 6.07 Å². The Balaban J connectivity index is 2.11. The average Bonchev–Trinajstić information content (AvgIpc) is 2.34. The van der Waals surface area contributed by atoms with Crippen LogP contribution in [0.4, 0.5) is 5.69 Å². The molecule has 0 unspecified atom stereocenters. The number of hydrogen-bond acceptors (Lipinski definition) is 3. The van der Waals surface area contributed by atoms with Crippen molar-refractivity contribution >= 4 is 17.3 Å². The summed E-state index contributed by atoms with van der Waals surface area (Å²) in [5, 5.41) is 13.1.